The summed E-state index contributed by atoms with van der Waals surface area (Å²) in [5.41, 5.74) is 5.65. The van der Waals surface area contributed by atoms with E-state index in [1.165, 1.54) is 24.1 Å². The normalized spacial score (nSPS) is 9.90. The molecule has 0 atom stereocenters. The number of ether oxygens (including phenoxy) is 1. The SMILES string of the molecule is COCCN(CCO)C(=O)c1ccc(C#CCN)cc1F. The summed E-state index contributed by atoms with van der Waals surface area (Å²) >= 11 is 0. The quantitative estimate of drug-likeness (QED) is 0.736. The van der Waals surface area contributed by atoms with Crippen LogP contribution in [0.1, 0.15) is 15.9 Å². The molecular formula is C15H19FN2O3. The summed E-state index contributed by atoms with van der Waals surface area (Å²) in [5.74, 6) is 4.18. The Morgan fingerprint density at radius 1 is 1.48 bits per heavy atom. The standard InChI is InChI=1S/C15H19FN2O3/c1-21-10-8-18(7-9-19)15(20)13-5-4-12(3-2-6-17)11-14(13)16/h4-5,11,19H,6-10,17H2,1H3. The van der Waals surface area contributed by atoms with Gasteiger partial charge in [0.25, 0.3) is 5.91 Å². The van der Waals surface area contributed by atoms with E-state index in [0.29, 0.717) is 12.2 Å². The number of carbonyl (C=O) groups excluding carboxylic acids is 1. The van der Waals surface area contributed by atoms with E-state index in [0.717, 1.165) is 0 Å². The number of benzene rings is 1. The average molecular weight is 294 g/mol. The number of methoxy groups -OCH3 is 1. The fourth-order valence-corrected chi connectivity index (χ4v) is 1.73. The van der Waals surface area contributed by atoms with Crippen molar-refractivity contribution in [3.63, 3.8) is 0 Å². The molecule has 0 fully saturated rings. The summed E-state index contributed by atoms with van der Waals surface area (Å²) < 4.78 is 18.9. The molecule has 1 rings (SSSR count). The zero-order valence-corrected chi connectivity index (χ0v) is 11.9. The summed E-state index contributed by atoms with van der Waals surface area (Å²) in [6.07, 6.45) is 0. The van der Waals surface area contributed by atoms with E-state index in [2.05, 4.69) is 11.8 Å². The Morgan fingerprint density at radius 2 is 2.24 bits per heavy atom. The van der Waals surface area contributed by atoms with Crippen molar-refractivity contribution in [2.45, 2.75) is 0 Å². The molecule has 0 spiro atoms. The maximum Gasteiger partial charge on any atom is 0.256 e. The van der Waals surface area contributed by atoms with Gasteiger partial charge in [0.1, 0.15) is 5.82 Å². The maximum absolute atomic E-state index is 14.0. The zero-order valence-electron chi connectivity index (χ0n) is 11.9. The number of halogens is 1. The summed E-state index contributed by atoms with van der Waals surface area (Å²) in [5, 5.41) is 8.98. The van der Waals surface area contributed by atoms with Crippen LogP contribution in [-0.4, -0.2) is 55.9 Å². The molecule has 0 aliphatic carbocycles. The Balaban J connectivity index is 2.94. The molecule has 3 N–H and O–H groups in total. The first-order valence-corrected chi connectivity index (χ1v) is 6.51. The molecule has 0 aromatic heterocycles. The fraction of sp³-hybridized carbons (Fsp3) is 0.400. The van der Waals surface area contributed by atoms with Crippen LogP contribution < -0.4 is 5.73 Å². The monoisotopic (exact) mass is 294 g/mol. The molecule has 1 aromatic carbocycles. The summed E-state index contributed by atoms with van der Waals surface area (Å²) in [4.78, 5) is 13.6. The predicted octanol–water partition coefficient (Wildman–Crippen LogP) is 0.217. The number of amides is 1. The van der Waals surface area contributed by atoms with E-state index < -0.39 is 11.7 Å². The lowest BCUT2D eigenvalue weighted by Gasteiger charge is -2.21. The first-order valence-electron chi connectivity index (χ1n) is 6.51. The summed E-state index contributed by atoms with van der Waals surface area (Å²) in [7, 11) is 1.51. The lowest BCUT2D eigenvalue weighted by Crippen LogP contribution is -2.36. The number of aliphatic hydroxyl groups is 1. The molecule has 0 saturated carbocycles. The second-order valence-electron chi connectivity index (χ2n) is 4.21. The Bertz CT molecular complexity index is 537. The smallest absolute Gasteiger partial charge is 0.256 e. The van der Waals surface area contributed by atoms with E-state index in [1.807, 2.05) is 0 Å². The molecule has 0 bridgehead atoms. The number of nitrogens with two attached hydrogens (primary N) is 1. The van der Waals surface area contributed by atoms with Crippen LogP contribution in [0, 0.1) is 17.7 Å². The van der Waals surface area contributed by atoms with Crippen molar-refractivity contribution in [2.24, 2.45) is 5.73 Å². The number of rotatable bonds is 6. The highest BCUT2D eigenvalue weighted by Crippen LogP contribution is 2.12. The van der Waals surface area contributed by atoms with Gasteiger partial charge in [-0.1, -0.05) is 11.8 Å². The van der Waals surface area contributed by atoms with Crippen LogP contribution in [-0.2, 0) is 4.74 Å². The molecule has 6 heteroatoms. The molecule has 1 aromatic rings. The van der Waals surface area contributed by atoms with E-state index in [4.69, 9.17) is 15.6 Å². The highest BCUT2D eigenvalue weighted by molar-refractivity contribution is 5.94. The van der Waals surface area contributed by atoms with Gasteiger partial charge in [0, 0.05) is 25.8 Å². The van der Waals surface area contributed by atoms with Gasteiger partial charge in [0.15, 0.2) is 0 Å². The van der Waals surface area contributed by atoms with Crippen LogP contribution >= 0.6 is 0 Å². The number of nitrogens with zero attached hydrogens (tertiary/aromatic N) is 1. The molecule has 0 unspecified atom stereocenters. The third kappa shape index (κ3) is 5.16. The van der Waals surface area contributed by atoms with Gasteiger partial charge in [-0.2, -0.15) is 0 Å². The molecule has 1 amide bonds. The summed E-state index contributed by atoms with van der Waals surface area (Å²) in [6.45, 7) is 0.703. The van der Waals surface area contributed by atoms with Crippen molar-refractivity contribution in [3.8, 4) is 11.8 Å². The van der Waals surface area contributed by atoms with Crippen molar-refractivity contribution >= 4 is 5.91 Å². The van der Waals surface area contributed by atoms with Gasteiger partial charge in [-0.05, 0) is 18.2 Å². The minimum absolute atomic E-state index is 0.0575. The van der Waals surface area contributed by atoms with Crippen molar-refractivity contribution in [1.82, 2.24) is 4.90 Å². The molecule has 0 heterocycles. The lowest BCUT2D eigenvalue weighted by atomic mass is 10.1. The van der Waals surface area contributed by atoms with Gasteiger partial charge in [-0.3, -0.25) is 4.79 Å². The minimum Gasteiger partial charge on any atom is -0.395 e. The van der Waals surface area contributed by atoms with Gasteiger partial charge in [-0.25, -0.2) is 4.39 Å². The highest BCUT2D eigenvalue weighted by Gasteiger charge is 2.18. The Morgan fingerprint density at radius 3 is 2.81 bits per heavy atom. The average Bonchev–Trinajstić information content (AvgIpc) is 2.48. The number of hydrogen-bond donors (Lipinski definition) is 2. The second-order valence-corrected chi connectivity index (χ2v) is 4.21. The zero-order chi connectivity index (χ0) is 15.7. The van der Waals surface area contributed by atoms with E-state index >= 15 is 0 Å². The van der Waals surface area contributed by atoms with E-state index in [1.54, 1.807) is 6.07 Å². The van der Waals surface area contributed by atoms with Gasteiger partial charge in [0.2, 0.25) is 0 Å². The number of carbonyl (C=O) groups is 1. The predicted molar refractivity (Wildman–Crippen MR) is 77.2 cm³/mol. The van der Waals surface area contributed by atoms with Crippen LogP contribution in [0.3, 0.4) is 0 Å². The van der Waals surface area contributed by atoms with Gasteiger partial charge in [0.05, 0.1) is 25.3 Å². The minimum atomic E-state index is -0.649. The molecule has 114 valence electrons. The van der Waals surface area contributed by atoms with Gasteiger partial charge in [-0.15, -0.1) is 0 Å². The molecule has 0 saturated heterocycles. The molecular weight excluding hydrogens is 275 g/mol. The molecule has 0 aliphatic rings. The Labute approximate surface area is 123 Å². The van der Waals surface area contributed by atoms with Gasteiger partial charge >= 0.3 is 0 Å². The Hall–Kier alpha value is -1.94. The van der Waals surface area contributed by atoms with Crippen LogP contribution in [0.2, 0.25) is 0 Å². The topological polar surface area (TPSA) is 75.8 Å². The van der Waals surface area contributed by atoms with Crippen molar-refractivity contribution in [3.05, 3.63) is 35.1 Å². The molecule has 0 aliphatic heterocycles. The van der Waals surface area contributed by atoms with E-state index in [9.17, 15) is 9.18 Å². The fourth-order valence-electron chi connectivity index (χ4n) is 1.73. The van der Waals surface area contributed by atoms with Crippen molar-refractivity contribution in [1.29, 1.82) is 0 Å². The van der Waals surface area contributed by atoms with Crippen LogP contribution in [0.4, 0.5) is 4.39 Å². The number of hydrogen-bond acceptors (Lipinski definition) is 4. The largest absolute Gasteiger partial charge is 0.395 e. The first kappa shape index (κ1) is 17.1. The third-order valence-corrected chi connectivity index (χ3v) is 2.76. The second kappa shape index (κ2) is 9.08. The van der Waals surface area contributed by atoms with E-state index in [-0.39, 0.29) is 31.8 Å². The third-order valence-electron chi connectivity index (χ3n) is 2.76. The summed E-state index contributed by atoms with van der Waals surface area (Å²) in [6, 6.07) is 4.14. The van der Waals surface area contributed by atoms with Crippen LogP contribution in [0.5, 0.6) is 0 Å². The number of aliphatic hydroxyl groups excluding tert-OH is 1. The van der Waals surface area contributed by atoms with Crippen LogP contribution in [0.15, 0.2) is 18.2 Å². The lowest BCUT2D eigenvalue weighted by molar-refractivity contribution is 0.0652. The first-order chi connectivity index (χ1) is 10.1. The maximum atomic E-state index is 14.0. The molecule has 5 nitrogen and oxygen atoms in total. The molecule has 21 heavy (non-hydrogen) atoms. The Kier molecular flexibility index (Phi) is 7.40. The van der Waals surface area contributed by atoms with Gasteiger partial charge < -0.3 is 20.5 Å². The van der Waals surface area contributed by atoms with Crippen LogP contribution in [0.25, 0.3) is 0 Å². The van der Waals surface area contributed by atoms with Crippen molar-refractivity contribution < 1.29 is 19.0 Å². The highest BCUT2D eigenvalue weighted by atomic mass is 19.1. The molecule has 0 radical (unpaired) electrons. The van der Waals surface area contributed by atoms with Crippen molar-refractivity contribution in [2.75, 3.05) is 40.0 Å².